The Morgan fingerprint density at radius 1 is 1.29 bits per heavy atom. The van der Waals surface area contributed by atoms with Crippen molar-refractivity contribution in [1.29, 1.82) is 0 Å². The fraction of sp³-hybridized carbons (Fsp3) is 0.200. The number of nitrogens with two attached hydrogens (primary N) is 1. The predicted octanol–water partition coefficient (Wildman–Crippen LogP) is 1.63. The molecule has 0 amide bonds. The summed E-state index contributed by atoms with van der Waals surface area (Å²) in [6.07, 6.45) is 0.325. The summed E-state index contributed by atoms with van der Waals surface area (Å²) in [5.74, 6) is -1.42. The van der Waals surface area contributed by atoms with Crippen LogP contribution in [-0.4, -0.2) is 27.5 Å². The van der Waals surface area contributed by atoms with Gasteiger partial charge in [-0.25, -0.2) is 26.4 Å². The minimum Gasteiger partial charge on any atom is -0.225 e. The highest BCUT2D eigenvalue weighted by molar-refractivity contribution is 7.92. The lowest BCUT2D eigenvalue weighted by Crippen LogP contribution is -2.34. The molecule has 1 unspecified atom stereocenters. The van der Waals surface area contributed by atoms with Crippen LogP contribution in [0.3, 0.4) is 0 Å². The molecule has 0 heterocycles. The molecule has 0 fully saturated rings. The Hall–Kier alpha value is -1.10. The summed E-state index contributed by atoms with van der Waals surface area (Å²) in [6, 6.07) is 1.53. The average molecular weight is 364 g/mol. The average Bonchev–Trinajstić information content (AvgIpc) is 2.25. The fourth-order valence-corrected chi connectivity index (χ4v) is 4.02. The topological polar surface area (TPSA) is 94.3 Å². The highest BCUT2D eigenvalue weighted by Crippen LogP contribution is 2.34. The van der Waals surface area contributed by atoms with Gasteiger partial charge in [0.25, 0.3) is 0 Å². The maximum atomic E-state index is 13.6. The van der Waals surface area contributed by atoms with Crippen molar-refractivity contribution in [3.8, 4) is 0 Å². The van der Waals surface area contributed by atoms with Crippen LogP contribution in [0.25, 0.3) is 0 Å². The van der Waals surface area contributed by atoms with Crippen molar-refractivity contribution >= 4 is 31.5 Å². The number of rotatable bonds is 5. The Kier molecular flexibility index (Phi) is 4.78. The molecule has 0 aliphatic heterocycles. The van der Waals surface area contributed by atoms with Crippen molar-refractivity contribution < 1.29 is 30.0 Å². The van der Waals surface area contributed by atoms with E-state index in [0.29, 0.717) is 24.3 Å². The molecule has 0 saturated carbocycles. The Bertz CT molecular complexity index is 772. The number of benzene rings is 1. The van der Waals surface area contributed by atoms with Gasteiger partial charge in [-0.3, -0.25) is 0 Å². The number of sulfonamides is 1. The molecule has 0 radical (unpaired) electrons. The monoisotopic (exact) mass is 363 g/mol. The minimum absolute atomic E-state index is 0.325. The number of hydrogen-bond acceptors (Lipinski definition) is 4. The van der Waals surface area contributed by atoms with Crippen molar-refractivity contribution in [2.45, 2.75) is 20.4 Å². The first-order valence-corrected chi connectivity index (χ1v) is 8.54. The molecular weight excluding hydrogens is 355 g/mol. The van der Waals surface area contributed by atoms with Crippen LogP contribution in [0.2, 0.25) is 0 Å². The number of primary sulfonamides is 1. The summed E-state index contributed by atoms with van der Waals surface area (Å²) >= 11 is 4.67. The summed E-state index contributed by atoms with van der Waals surface area (Å²) in [5.41, 5.74) is 0. The third-order valence-electron chi connectivity index (χ3n) is 2.41. The number of hydrogen-bond donors (Lipinski definition) is 1. The van der Waals surface area contributed by atoms with Crippen LogP contribution in [0.4, 0.5) is 13.2 Å². The van der Waals surface area contributed by atoms with Crippen LogP contribution in [0.5, 0.6) is 0 Å². The van der Waals surface area contributed by atoms with Gasteiger partial charge in [0.15, 0.2) is 15.1 Å². The highest BCUT2D eigenvalue weighted by atomic mass is 35.5. The third-order valence-corrected chi connectivity index (χ3v) is 5.77. The van der Waals surface area contributed by atoms with Gasteiger partial charge >= 0.3 is 5.38 Å². The first-order chi connectivity index (χ1) is 9.31. The zero-order valence-corrected chi connectivity index (χ0v) is 12.5. The fourth-order valence-electron chi connectivity index (χ4n) is 1.45. The first kappa shape index (κ1) is 18.0. The Balaban J connectivity index is 3.63. The quantitative estimate of drug-likeness (QED) is 0.635. The van der Waals surface area contributed by atoms with Crippen molar-refractivity contribution in [2.24, 2.45) is 5.14 Å². The zero-order valence-electron chi connectivity index (χ0n) is 10.1. The molecule has 1 aromatic carbocycles. The summed E-state index contributed by atoms with van der Waals surface area (Å²) in [5, 5.41) is -2.13. The second-order valence-electron chi connectivity index (χ2n) is 3.88. The SMILES string of the molecule is C=CC(C(F)(F)Cl)S(=O)(=O)c1cc(S(N)(=O)=O)ccc1F. The van der Waals surface area contributed by atoms with E-state index < -0.39 is 46.1 Å². The molecule has 0 spiro atoms. The second kappa shape index (κ2) is 5.59. The molecule has 1 aromatic rings. The number of halogens is 4. The largest absolute Gasteiger partial charge is 0.342 e. The molecule has 0 aromatic heterocycles. The molecule has 0 saturated heterocycles. The summed E-state index contributed by atoms with van der Waals surface area (Å²) < 4.78 is 86.0. The van der Waals surface area contributed by atoms with Crippen LogP contribution in [0.15, 0.2) is 40.6 Å². The van der Waals surface area contributed by atoms with Crippen molar-refractivity contribution in [3.05, 3.63) is 36.7 Å². The highest BCUT2D eigenvalue weighted by Gasteiger charge is 2.46. The van der Waals surface area contributed by atoms with Gasteiger partial charge in [0.05, 0.1) is 4.90 Å². The molecule has 11 heteroatoms. The lowest BCUT2D eigenvalue weighted by molar-refractivity contribution is 0.103. The molecule has 1 atom stereocenters. The number of alkyl halides is 3. The van der Waals surface area contributed by atoms with E-state index in [9.17, 15) is 30.0 Å². The van der Waals surface area contributed by atoms with Crippen molar-refractivity contribution in [2.75, 3.05) is 0 Å². The van der Waals surface area contributed by atoms with Gasteiger partial charge in [-0.05, 0) is 29.8 Å². The van der Waals surface area contributed by atoms with Gasteiger partial charge in [-0.15, -0.1) is 6.58 Å². The van der Waals surface area contributed by atoms with Gasteiger partial charge in [0.2, 0.25) is 10.0 Å². The standard InChI is InChI=1S/C10H9ClF3NO4S2/c1-2-9(10(11,13)14)20(16,17)8-5-6(21(15,18)19)3-4-7(8)12/h2-5,9H,1H2,(H2,15,18,19). The predicted molar refractivity (Wildman–Crippen MR) is 69.7 cm³/mol. The van der Waals surface area contributed by atoms with Crippen molar-refractivity contribution in [1.82, 2.24) is 0 Å². The first-order valence-electron chi connectivity index (χ1n) is 5.07. The smallest absolute Gasteiger partial charge is 0.225 e. The maximum Gasteiger partial charge on any atom is 0.342 e. The maximum absolute atomic E-state index is 13.6. The van der Waals surface area contributed by atoms with Gasteiger partial charge in [-0.1, -0.05) is 6.08 Å². The van der Waals surface area contributed by atoms with Crippen LogP contribution < -0.4 is 5.14 Å². The molecule has 0 aliphatic carbocycles. The Labute approximate surface area is 124 Å². The van der Waals surface area contributed by atoms with E-state index in [1.807, 2.05) is 0 Å². The van der Waals surface area contributed by atoms with Crippen LogP contribution in [0, 0.1) is 5.82 Å². The van der Waals surface area contributed by atoms with Crippen LogP contribution in [0.1, 0.15) is 0 Å². The van der Waals surface area contributed by atoms with Gasteiger partial charge in [-0.2, -0.15) is 8.78 Å². The molecule has 5 nitrogen and oxygen atoms in total. The van der Waals surface area contributed by atoms with Gasteiger partial charge < -0.3 is 0 Å². The van der Waals surface area contributed by atoms with Gasteiger partial charge in [0, 0.05) is 0 Å². The molecule has 1 rings (SSSR count). The lowest BCUT2D eigenvalue weighted by Gasteiger charge is -2.19. The van der Waals surface area contributed by atoms with E-state index in [1.54, 1.807) is 0 Å². The molecular formula is C10H9ClF3NO4S2. The minimum atomic E-state index is -5.02. The molecule has 21 heavy (non-hydrogen) atoms. The van der Waals surface area contributed by atoms with Crippen LogP contribution >= 0.6 is 11.6 Å². The summed E-state index contributed by atoms with van der Waals surface area (Å²) in [4.78, 5) is -2.01. The summed E-state index contributed by atoms with van der Waals surface area (Å²) in [7, 11) is -9.36. The third kappa shape index (κ3) is 3.76. The zero-order chi connectivity index (χ0) is 16.6. The number of sulfone groups is 1. The van der Waals surface area contributed by atoms with E-state index in [4.69, 9.17) is 5.14 Å². The van der Waals surface area contributed by atoms with E-state index >= 15 is 0 Å². The van der Waals surface area contributed by atoms with Gasteiger partial charge in [0.1, 0.15) is 10.7 Å². The summed E-state index contributed by atoms with van der Waals surface area (Å²) in [6.45, 7) is 2.91. The molecule has 118 valence electrons. The van der Waals surface area contributed by atoms with E-state index in [0.717, 1.165) is 0 Å². The molecule has 0 aliphatic rings. The second-order valence-corrected chi connectivity index (χ2v) is 7.98. The molecule has 2 N–H and O–H groups in total. The van der Waals surface area contributed by atoms with E-state index in [1.165, 1.54) is 0 Å². The normalized spacial score (nSPS) is 14.7. The van der Waals surface area contributed by atoms with E-state index in [2.05, 4.69) is 18.2 Å². The Morgan fingerprint density at radius 3 is 2.19 bits per heavy atom. The van der Waals surface area contributed by atoms with Crippen LogP contribution in [-0.2, 0) is 19.9 Å². The van der Waals surface area contributed by atoms with E-state index in [-0.39, 0.29) is 0 Å². The van der Waals surface area contributed by atoms with Crippen molar-refractivity contribution in [3.63, 3.8) is 0 Å². The lowest BCUT2D eigenvalue weighted by atomic mass is 10.3. The Morgan fingerprint density at radius 2 is 1.81 bits per heavy atom. The molecule has 0 bridgehead atoms.